The molecule has 0 aromatic heterocycles. The lowest BCUT2D eigenvalue weighted by Gasteiger charge is -2.52. The van der Waals surface area contributed by atoms with Crippen molar-refractivity contribution in [3.63, 3.8) is 0 Å². The zero-order valence-corrected chi connectivity index (χ0v) is 80.8. The lowest BCUT2D eigenvalue weighted by atomic mass is 9.84. The maximum absolute atomic E-state index is 13.4. The van der Waals surface area contributed by atoms with Crippen molar-refractivity contribution < 1.29 is 135 Å². The summed E-state index contributed by atoms with van der Waals surface area (Å²) in [5, 5.41) is 98.4. The molecule has 8 saturated heterocycles. The molecular weight excluding hydrogens is 1790 g/mol. The van der Waals surface area contributed by atoms with Crippen molar-refractivity contribution in [2.24, 2.45) is 50.9 Å². The van der Waals surface area contributed by atoms with Crippen LogP contribution in [-0.4, -0.2) is 286 Å². The molecule has 8 fully saturated rings. The minimum Gasteiger partial charge on any atom is -0.405 e. The largest absolute Gasteiger partial charge is 0.405 e. The molecule has 0 bridgehead atoms. The summed E-state index contributed by atoms with van der Waals surface area (Å²) >= 11 is 0. The topological polar surface area (TPSA) is 482 Å². The van der Waals surface area contributed by atoms with E-state index < -0.39 is 260 Å². The predicted octanol–water partition coefficient (Wildman–Crippen LogP) is 10.4. The zero-order valence-electron chi connectivity index (χ0n) is 79.8. The van der Waals surface area contributed by atoms with Crippen LogP contribution in [0, 0.1) is 35.5 Å². The van der Waals surface area contributed by atoms with Crippen molar-refractivity contribution in [3.05, 3.63) is 236 Å². The van der Waals surface area contributed by atoms with Crippen LogP contribution in [0.3, 0.4) is 0 Å². The highest BCUT2D eigenvalue weighted by Crippen LogP contribution is 2.46. The molecule has 0 spiro atoms. The van der Waals surface area contributed by atoms with E-state index in [1.54, 1.807) is 41.5 Å². The Labute approximate surface area is 800 Å². The van der Waals surface area contributed by atoms with Crippen molar-refractivity contribution in [1.29, 1.82) is 0 Å². The molecule has 8 aliphatic heterocycles. The van der Waals surface area contributed by atoms with Crippen molar-refractivity contribution in [3.8, 4) is 0 Å². The molecule has 14 rings (SSSR count). The average molecular weight is 1930 g/mol. The highest BCUT2D eigenvalue weighted by Gasteiger charge is 2.61. The molecule has 38 heteroatoms. The van der Waals surface area contributed by atoms with Gasteiger partial charge in [-0.05, 0) is 106 Å². The van der Waals surface area contributed by atoms with Gasteiger partial charge in [-0.2, -0.15) is 0 Å². The number of hydrogen-bond acceptors (Lipinski definition) is 31. The average Bonchev–Trinajstić information content (AvgIpc) is 0.723. The van der Waals surface area contributed by atoms with Crippen LogP contribution in [0.25, 0.3) is 31.3 Å². The van der Waals surface area contributed by atoms with Gasteiger partial charge in [-0.3, -0.25) is 0 Å². The number of hydrogen-bond donors (Lipinski definition) is 7. The fourth-order valence-corrected chi connectivity index (χ4v) is 24.9. The molecule has 40 atom stereocenters. The minimum absolute atomic E-state index is 0.00124. The van der Waals surface area contributed by atoms with Gasteiger partial charge in [0.05, 0.1) is 126 Å². The first-order chi connectivity index (χ1) is 66.1. The molecule has 748 valence electrons. The Morgan fingerprint density at radius 3 is 0.869 bits per heavy atom. The van der Waals surface area contributed by atoms with Gasteiger partial charge in [-0.25, -0.2) is 0 Å². The van der Waals surface area contributed by atoms with E-state index in [0.717, 1.165) is 21.5 Å². The third kappa shape index (κ3) is 24.0. The summed E-state index contributed by atoms with van der Waals surface area (Å²) in [7, 11) is -1.96. The van der Waals surface area contributed by atoms with Gasteiger partial charge in [0.15, 0.2) is 50.3 Å². The van der Waals surface area contributed by atoms with E-state index in [-0.39, 0.29) is 50.8 Å². The Balaban J connectivity index is 0.725. The first kappa shape index (κ1) is 105. The standard InChI is InChI=1S/C99H135N9O28Si/c1-53-54(2)91(116-14)126-69(45-109)80(53)130-96-77(113)88(118-49-64-35-23-16-24-36-64)87(62(10)123-96)136-94-75(105-108-102)58(6)83(72(129-94)52-121-137(99(11,12)13,67-41-29-19-30-42-67)68-43-31-20-32-44-68)133-98-79(115)90(120-51-66-39-27-18-28-40-66)86(61(9)125-98)135-93-74(104-107-101)57(5)82(71(47-111)128-93)132-97-78(114)89(119-50-65-37-25-17-26-38-65)85(60(8)124-97)134-92-73(103-106-100)56(4)81(70(46-110)127-92)131-95-76(112)84(55(3)59(7)122-95)117-48-63-33-21-15-22-34-63/h15-44,53-62,69-98,109-115H,45-52H2,1-14H3/t53-,54?,55-,56-,57-,58-,59?,60?,61?,62?,69?,70?,71?,72?,73?,74?,75?,76?,77?,78?,79?,80+,81+,82+,83+,84-,85-,86?,87-,88+,89+,90+,91+,92+,93+,94+,95+,96+,97+,98+/m1/s1. The van der Waals surface area contributed by atoms with Crippen LogP contribution in [0.2, 0.25) is 5.04 Å². The van der Waals surface area contributed by atoms with E-state index in [0.29, 0.717) is 11.1 Å². The molecule has 0 amide bonds. The summed E-state index contributed by atoms with van der Waals surface area (Å²) in [5.41, 5.74) is 34.6. The van der Waals surface area contributed by atoms with Crippen molar-refractivity contribution >= 4 is 18.7 Å². The maximum atomic E-state index is 13.4. The van der Waals surface area contributed by atoms with Gasteiger partial charge in [-0.1, -0.05) is 260 Å². The van der Waals surface area contributed by atoms with Crippen LogP contribution in [0.4, 0.5) is 0 Å². The van der Waals surface area contributed by atoms with E-state index >= 15 is 0 Å². The SMILES string of the molecule is CO[C@H]1OC(CO)[C@@H](O[C@@H]2OC(C)[C@@H](O[C@@H]3OC(CO[Si](c4ccccc4)(c4ccccc4)C(C)(C)C)[C@@H](O[C@@H]4OC(C)C(O[C@@H]5OC(CO)[C@@H](O[C@@H]6OC(C)[C@@H](O[C@@H]7OC(CO)[C@@H](O[C@@H]8OC(C)[C@@H](C)[C@@H](OCc9ccccc9)C8O)[C@H](C)C7N=[N+]=[N-])[C@@H](OCc7ccccc7)C6O)[C@H](C)C5N=[N+]=[N-])[C@@H](OCc5ccccc5)C4O)[C@H](C)C3N=[N+]=[N-])[C@@H](OCc3ccccc3)C2O)[C@H](C)C1C. The summed E-state index contributed by atoms with van der Waals surface area (Å²) in [6.45, 7) is 22.4. The lowest BCUT2D eigenvalue weighted by Crippen LogP contribution is -2.68. The third-order valence-electron chi connectivity index (χ3n) is 28.3. The van der Waals surface area contributed by atoms with Gasteiger partial charge in [0.2, 0.25) is 0 Å². The second-order valence-corrected chi connectivity index (χ2v) is 42.5. The van der Waals surface area contributed by atoms with Crippen LogP contribution >= 0.6 is 0 Å². The van der Waals surface area contributed by atoms with Gasteiger partial charge in [0.25, 0.3) is 8.32 Å². The molecule has 137 heavy (non-hydrogen) atoms. The monoisotopic (exact) mass is 1930 g/mol. The number of methoxy groups -OCH3 is 1. The van der Waals surface area contributed by atoms with Crippen LogP contribution in [0.1, 0.15) is 112 Å². The summed E-state index contributed by atoms with van der Waals surface area (Å²) in [6, 6.07) is 53.4. The quantitative estimate of drug-likeness (QED) is 0.00819. The Morgan fingerprint density at radius 2 is 0.569 bits per heavy atom. The highest BCUT2D eigenvalue weighted by molar-refractivity contribution is 6.99. The molecule has 6 aromatic carbocycles. The molecule has 6 aromatic rings. The van der Waals surface area contributed by atoms with Gasteiger partial charge in [0, 0.05) is 33.7 Å². The number of ether oxygens (including phenoxy) is 20. The van der Waals surface area contributed by atoms with Gasteiger partial charge >= 0.3 is 0 Å². The van der Waals surface area contributed by atoms with Crippen molar-refractivity contribution in [2.45, 2.75) is 330 Å². The highest BCUT2D eigenvalue weighted by atomic mass is 28.4. The first-order valence-electron chi connectivity index (χ1n) is 47.5. The summed E-state index contributed by atoms with van der Waals surface area (Å²) in [6.07, 6.45) is -38.1. The third-order valence-corrected chi connectivity index (χ3v) is 33.4. The number of aliphatic hydroxyl groups excluding tert-OH is 7. The summed E-state index contributed by atoms with van der Waals surface area (Å²) in [5.74, 6) is -3.38. The van der Waals surface area contributed by atoms with Crippen LogP contribution < -0.4 is 10.4 Å². The normalized spacial score (nSPS) is 38.8. The first-order valence-corrected chi connectivity index (χ1v) is 49.4. The van der Waals surface area contributed by atoms with E-state index in [4.69, 9.17) is 99.2 Å². The summed E-state index contributed by atoms with van der Waals surface area (Å²) in [4.78, 5) is 9.84. The van der Waals surface area contributed by atoms with Gasteiger partial charge in [0.1, 0.15) is 85.5 Å². The van der Waals surface area contributed by atoms with Crippen LogP contribution in [0.5, 0.6) is 0 Å². The van der Waals surface area contributed by atoms with E-state index in [9.17, 15) is 52.3 Å². The Kier molecular flexibility index (Phi) is 37.2. The molecule has 0 aliphatic carbocycles. The maximum Gasteiger partial charge on any atom is 0.261 e. The van der Waals surface area contributed by atoms with E-state index in [1.165, 1.54) is 7.11 Å². The van der Waals surface area contributed by atoms with Crippen molar-refractivity contribution in [2.75, 3.05) is 33.5 Å². The smallest absolute Gasteiger partial charge is 0.261 e. The fraction of sp³-hybridized carbons (Fsp3) is 0.636. The number of azide groups is 3. The Bertz CT molecular complexity index is 4790. The molecule has 17 unspecified atom stereocenters. The van der Waals surface area contributed by atoms with Gasteiger partial charge in [-0.15, -0.1) is 0 Å². The number of nitrogens with zero attached hydrogens (tertiary/aromatic N) is 9. The van der Waals surface area contributed by atoms with Crippen molar-refractivity contribution in [1.82, 2.24) is 0 Å². The molecule has 0 saturated carbocycles. The number of benzene rings is 6. The molecule has 8 heterocycles. The predicted molar refractivity (Wildman–Crippen MR) is 496 cm³/mol. The van der Waals surface area contributed by atoms with Gasteiger partial charge < -0.3 is 135 Å². The lowest BCUT2D eigenvalue weighted by molar-refractivity contribution is -0.381. The van der Waals surface area contributed by atoms with E-state index in [2.05, 4.69) is 75.1 Å². The minimum atomic E-state index is -3.49. The Hall–Kier alpha value is -7.65. The zero-order chi connectivity index (χ0) is 97.5. The number of aliphatic hydroxyl groups is 7. The molecule has 7 N–H and O–H groups in total. The van der Waals surface area contributed by atoms with Crippen LogP contribution in [0.15, 0.2) is 197 Å². The molecule has 37 nitrogen and oxygen atoms in total. The fourth-order valence-electron chi connectivity index (χ4n) is 20.4. The number of rotatable bonds is 38. The summed E-state index contributed by atoms with van der Waals surface area (Å²) < 4.78 is 142. The second-order valence-electron chi connectivity index (χ2n) is 38.2. The van der Waals surface area contributed by atoms with Crippen LogP contribution in [-0.2, 0) is 126 Å². The Morgan fingerprint density at radius 1 is 0.307 bits per heavy atom. The second kappa shape index (κ2) is 48.4. The molecular formula is C99H135N9O28Si. The molecule has 0 radical (unpaired) electrons. The molecule has 8 aliphatic rings. The van der Waals surface area contributed by atoms with E-state index in [1.807, 2.05) is 185 Å².